The number of aliphatic hydroxyl groups excluding tert-OH is 1. The molecule has 3 rings (SSSR count). The summed E-state index contributed by atoms with van der Waals surface area (Å²) in [6.07, 6.45) is 4.06. The Labute approximate surface area is 160 Å². The Morgan fingerprint density at radius 3 is 2.79 bits per heavy atom. The molecule has 148 valence electrons. The average Bonchev–Trinajstić information content (AvgIpc) is 2.73. The second kappa shape index (κ2) is 9.15. The molecule has 11 nitrogen and oxygen atoms in total. The lowest BCUT2D eigenvalue weighted by Crippen LogP contribution is -2.39. The lowest BCUT2D eigenvalue weighted by atomic mass is 10.3. The number of aliphatic hydroxyl groups is 1. The predicted octanol–water partition coefficient (Wildman–Crippen LogP) is -1.29. The number of hydrogen-bond donors (Lipinski definition) is 3. The molecule has 0 aliphatic carbocycles. The molecule has 0 atom stereocenters. The van der Waals surface area contributed by atoms with Crippen molar-refractivity contribution in [2.75, 3.05) is 31.6 Å². The predicted molar refractivity (Wildman–Crippen MR) is 103 cm³/mol. The van der Waals surface area contributed by atoms with E-state index in [1.165, 1.54) is 11.6 Å². The third kappa shape index (κ3) is 4.38. The highest BCUT2D eigenvalue weighted by molar-refractivity contribution is 5.69. The van der Waals surface area contributed by atoms with Crippen LogP contribution in [-0.4, -0.2) is 60.6 Å². The van der Waals surface area contributed by atoms with Crippen molar-refractivity contribution in [3.8, 4) is 0 Å². The molecule has 3 heterocycles. The summed E-state index contributed by atoms with van der Waals surface area (Å²) < 4.78 is 2.37. The van der Waals surface area contributed by atoms with Gasteiger partial charge in [-0.1, -0.05) is 6.07 Å². The highest BCUT2D eigenvalue weighted by atomic mass is 16.3. The molecule has 3 N–H and O–H groups in total. The number of anilines is 1. The largest absolute Gasteiger partial charge is 0.395 e. The van der Waals surface area contributed by atoms with E-state index in [-0.39, 0.29) is 30.3 Å². The Balaban J connectivity index is 1.87. The minimum absolute atomic E-state index is 0.0712. The Morgan fingerprint density at radius 1 is 1.18 bits per heavy atom. The standard InChI is InChI=1S/C17H22N8O3/c1-24-15(27)13-14(25(17(24)28)11-12-4-2-5-19-10-12)22-23-16(21-13)20-7-3-6-18-8-9-26/h2,4-5,10,18,26H,3,6-9,11H2,1H3,(H,20,21,23). The molecule has 11 heteroatoms. The monoisotopic (exact) mass is 386 g/mol. The van der Waals surface area contributed by atoms with Gasteiger partial charge in [-0.25, -0.2) is 9.78 Å². The molecule has 0 radical (unpaired) electrons. The van der Waals surface area contributed by atoms with E-state index in [0.717, 1.165) is 23.1 Å². The summed E-state index contributed by atoms with van der Waals surface area (Å²) >= 11 is 0. The van der Waals surface area contributed by atoms with Gasteiger partial charge in [0.2, 0.25) is 5.95 Å². The molecular formula is C17H22N8O3. The topological polar surface area (TPSA) is 140 Å². The maximum Gasteiger partial charge on any atom is 0.332 e. The Hall–Kier alpha value is -3.18. The lowest BCUT2D eigenvalue weighted by molar-refractivity contribution is 0.292. The lowest BCUT2D eigenvalue weighted by Gasteiger charge is -2.11. The van der Waals surface area contributed by atoms with Crippen molar-refractivity contribution in [1.82, 2.24) is 34.6 Å². The van der Waals surface area contributed by atoms with Crippen LogP contribution in [0.15, 0.2) is 34.1 Å². The van der Waals surface area contributed by atoms with Crippen LogP contribution in [0.4, 0.5) is 5.95 Å². The molecule has 0 aliphatic rings. The van der Waals surface area contributed by atoms with Gasteiger partial charge in [0, 0.05) is 32.5 Å². The fraction of sp³-hybridized carbons (Fsp3) is 0.412. The summed E-state index contributed by atoms with van der Waals surface area (Å²) in [4.78, 5) is 33.4. The van der Waals surface area contributed by atoms with Crippen LogP contribution >= 0.6 is 0 Å². The van der Waals surface area contributed by atoms with Gasteiger partial charge in [-0.05, 0) is 24.6 Å². The molecule has 0 saturated carbocycles. The molecule has 0 fully saturated rings. The highest BCUT2D eigenvalue weighted by Crippen LogP contribution is 2.07. The van der Waals surface area contributed by atoms with E-state index < -0.39 is 11.2 Å². The summed E-state index contributed by atoms with van der Waals surface area (Å²) in [5.41, 5.74) is -0.0175. The van der Waals surface area contributed by atoms with Crippen molar-refractivity contribution in [2.45, 2.75) is 13.0 Å². The SMILES string of the molecule is Cn1c(=O)c2nc(NCCCNCCO)nnc2n(Cc2cccnc2)c1=O. The van der Waals surface area contributed by atoms with Gasteiger partial charge in [-0.15, -0.1) is 10.2 Å². The number of hydrogen-bond acceptors (Lipinski definition) is 9. The normalized spacial score (nSPS) is 11.1. The van der Waals surface area contributed by atoms with Gasteiger partial charge in [0.05, 0.1) is 13.2 Å². The maximum atomic E-state index is 12.6. The van der Waals surface area contributed by atoms with Crippen molar-refractivity contribution >= 4 is 17.1 Å². The first-order chi connectivity index (χ1) is 13.6. The van der Waals surface area contributed by atoms with Crippen molar-refractivity contribution in [2.24, 2.45) is 7.05 Å². The molecular weight excluding hydrogens is 364 g/mol. The van der Waals surface area contributed by atoms with Crippen molar-refractivity contribution in [3.63, 3.8) is 0 Å². The fourth-order valence-corrected chi connectivity index (χ4v) is 2.67. The summed E-state index contributed by atoms with van der Waals surface area (Å²) in [6.45, 7) is 2.13. The molecule has 28 heavy (non-hydrogen) atoms. The zero-order valence-corrected chi connectivity index (χ0v) is 15.5. The van der Waals surface area contributed by atoms with Crippen LogP contribution in [0.3, 0.4) is 0 Å². The van der Waals surface area contributed by atoms with Gasteiger partial charge < -0.3 is 15.7 Å². The van der Waals surface area contributed by atoms with Gasteiger partial charge in [-0.2, -0.15) is 0 Å². The van der Waals surface area contributed by atoms with Crippen molar-refractivity contribution in [3.05, 3.63) is 50.9 Å². The number of nitrogens with one attached hydrogen (secondary N) is 2. The van der Waals surface area contributed by atoms with Gasteiger partial charge in [0.15, 0.2) is 11.2 Å². The molecule has 0 unspecified atom stereocenters. The number of pyridine rings is 1. The maximum absolute atomic E-state index is 12.6. The van der Waals surface area contributed by atoms with Gasteiger partial charge >= 0.3 is 5.69 Å². The van der Waals surface area contributed by atoms with Gasteiger partial charge in [-0.3, -0.25) is 18.9 Å². The van der Waals surface area contributed by atoms with Crippen LogP contribution in [0, 0.1) is 0 Å². The second-order valence-electron chi connectivity index (χ2n) is 6.16. The van der Waals surface area contributed by atoms with E-state index in [1.54, 1.807) is 18.5 Å². The summed E-state index contributed by atoms with van der Waals surface area (Å²) in [6, 6.07) is 3.60. The van der Waals surface area contributed by atoms with E-state index in [1.807, 2.05) is 6.07 Å². The van der Waals surface area contributed by atoms with E-state index in [9.17, 15) is 9.59 Å². The van der Waals surface area contributed by atoms with Crippen molar-refractivity contribution in [1.29, 1.82) is 0 Å². The van der Waals surface area contributed by atoms with Crippen LogP contribution in [0.1, 0.15) is 12.0 Å². The molecule has 0 aromatic carbocycles. The second-order valence-corrected chi connectivity index (χ2v) is 6.16. The van der Waals surface area contributed by atoms with Gasteiger partial charge in [0.25, 0.3) is 5.56 Å². The zero-order valence-electron chi connectivity index (χ0n) is 15.5. The number of nitrogens with zero attached hydrogens (tertiary/aromatic N) is 6. The quantitative estimate of drug-likeness (QED) is 0.383. The van der Waals surface area contributed by atoms with E-state index in [0.29, 0.717) is 13.1 Å². The van der Waals surface area contributed by atoms with Gasteiger partial charge in [0.1, 0.15) is 0 Å². The first-order valence-corrected chi connectivity index (χ1v) is 8.90. The minimum Gasteiger partial charge on any atom is -0.395 e. The van der Waals surface area contributed by atoms with Crippen LogP contribution in [-0.2, 0) is 13.6 Å². The molecule has 0 amide bonds. The number of aromatic nitrogens is 6. The first kappa shape index (κ1) is 19.6. The third-order valence-electron chi connectivity index (χ3n) is 4.12. The molecule has 3 aromatic heterocycles. The van der Waals surface area contributed by atoms with Crippen molar-refractivity contribution < 1.29 is 5.11 Å². The first-order valence-electron chi connectivity index (χ1n) is 8.90. The Bertz CT molecular complexity index is 1050. The molecule has 0 bridgehead atoms. The Kier molecular flexibility index (Phi) is 6.40. The summed E-state index contributed by atoms with van der Waals surface area (Å²) in [5, 5.41) is 22.9. The van der Waals surface area contributed by atoms with E-state index >= 15 is 0 Å². The summed E-state index contributed by atoms with van der Waals surface area (Å²) in [7, 11) is 1.41. The smallest absolute Gasteiger partial charge is 0.332 e. The molecule has 0 spiro atoms. The van der Waals surface area contributed by atoms with Crippen LogP contribution in [0.25, 0.3) is 11.2 Å². The van der Waals surface area contributed by atoms with Crippen LogP contribution < -0.4 is 21.9 Å². The third-order valence-corrected chi connectivity index (χ3v) is 4.12. The average molecular weight is 386 g/mol. The molecule has 3 aromatic rings. The van der Waals surface area contributed by atoms with Crippen LogP contribution in [0.2, 0.25) is 0 Å². The fourth-order valence-electron chi connectivity index (χ4n) is 2.67. The van der Waals surface area contributed by atoms with E-state index in [2.05, 4.69) is 30.8 Å². The number of rotatable bonds is 9. The molecule has 0 aliphatic heterocycles. The summed E-state index contributed by atoms with van der Waals surface area (Å²) in [5.74, 6) is 0.221. The number of fused-ring (bicyclic) bond motifs is 1. The minimum atomic E-state index is -0.523. The highest BCUT2D eigenvalue weighted by Gasteiger charge is 2.15. The van der Waals surface area contributed by atoms with E-state index in [4.69, 9.17) is 5.11 Å². The molecule has 0 saturated heterocycles. The van der Waals surface area contributed by atoms with Crippen LogP contribution in [0.5, 0.6) is 0 Å². The zero-order chi connectivity index (χ0) is 19.9. The Morgan fingerprint density at radius 2 is 2.04 bits per heavy atom.